The maximum atomic E-state index is 12.7. The lowest BCUT2D eigenvalue weighted by Gasteiger charge is -2.21. The smallest absolute Gasteiger partial charge is 0.339 e. The second-order valence-corrected chi connectivity index (χ2v) is 9.83. The molecule has 0 saturated carbocycles. The first-order valence-electron chi connectivity index (χ1n) is 9.23. The van der Waals surface area contributed by atoms with Gasteiger partial charge in [0.2, 0.25) is 17.6 Å². The second-order valence-electron chi connectivity index (χ2n) is 6.80. The molecule has 1 aliphatic heterocycles. The molecule has 0 radical (unpaired) electrons. The van der Waals surface area contributed by atoms with Crippen molar-refractivity contribution in [2.24, 2.45) is 5.10 Å². The van der Waals surface area contributed by atoms with E-state index in [1.165, 1.54) is 50.2 Å². The predicted octanol–water partition coefficient (Wildman–Crippen LogP) is 3.43. The molecule has 32 heavy (non-hydrogen) atoms. The molecular formula is C20H20ClN3O6S2. The predicted molar refractivity (Wildman–Crippen MR) is 121 cm³/mol. The van der Waals surface area contributed by atoms with Gasteiger partial charge in [0.1, 0.15) is 10.3 Å². The van der Waals surface area contributed by atoms with Crippen LogP contribution in [-0.4, -0.2) is 37.5 Å². The average Bonchev–Trinajstić information content (AvgIpc) is 3.13. The monoisotopic (exact) mass is 497 g/mol. The van der Waals surface area contributed by atoms with Gasteiger partial charge in [-0.1, -0.05) is 41.1 Å². The minimum Gasteiger partial charge on any atom is -0.493 e. The Bertz CT molecular complexity index is 1200. The van der Waals surface area contributed by atoms with Crippen LogP contribution in [0.1, 0.15) is 30.3 Å². The normalized spacial score (nSPS) is 15.8. The van der Waals surface area contributed by atoms with Gasteiger partial charge in [-0.25, -0.2) is 5.01 Å². The third-order valence-electron chi connectivity index (χ3n) is 4.29. The number of amidine groups is 1. The molecule has 1 aliphatic rings. The average molecular weight is 498 g/mol. The Labute approximate surface area is 194 Å². The number of hydrogen-bond acceptors (Lipinski definition) is 8. The fraction of sp³-hybridized carbons (Fsp3) is 0.250. The second kappa shape index (κ2) is 9.39. The first kappa shape index (κ1) is 23.9. The van der Waals surface area contributed by atoms with E-state index >= 15 is 0 Å². The minimum absolute atomic E-state index is 0.0345. The van der Waals surface area contributed by atoms with Crippen molar-refractivity contribution in [3.63, 3.8) is 0 Å². The molecular weight excluding hydrogens is 478 g/mol. The number of rotatable bonds is 5. The van der Waals surface area contributed by atoms with Crippen LogP contribution < -0.4 is 14.2 Å². The van der Waals surface area contributed by atoms with Crippen LogP contribution in [0.3, 0.4) is 0 Å². The zero-order chi connectivity index (χ0) is 23.6. The zero-order valence-electron chi connectivity index (χ0n) is 17.6. The summed E-state index contributed by atoms with van der Waals surface area (Å²) in [5, 5.41) is 7.41. The molecule has 3 rings (SSSR count). The van der Waals surface area contributed by atoms with E-state index in [4.69, 9.17) is 20.5 Å². The molecule has 0 bridgehead atoms. The fourth-order valence-electron chi connectivity index (χ4n) is 2.81. The van der Waals surface area contributed by atoms with Gasteiger partial charge >= 0.3 is 10.1 Å². The summed E-state index contributed by atoms with van der Waals surface area (Å²) in [4.78, 5) is 23.4. The number of nitrogens with one attached hydrogen (secondary N) is 1. The Morgan fingerprint density at radius 2 is 1.84 bits per heavy atom. The largest absolute Gasteiger partial charge is 0.493 e. The number of halogens is 1. The van der Waals surface area contributed by atoms with Gasteiger partial charge in [0.15, 0.2) is 10.9 Å². The highest BCUT2D eigenvalue weighted by Gasteiger charge is 2.34. The zero-order valence-corrected chi connectivity index (χ0v) is 20.0. The maximum absolute atomic E-state index is 12.7. The molecule has 9 nitrogen and oxygen atoms in total. The molecule has 0 aliphatic carbocycles. The summed E-state index contributed by atoms with van der Waals surface area (Å²) in [6, 6.07) is 9.13. The summed E-state index contributed by atoms with van der Waals surface area (Å²) in [5.41, 5.74) is 1.39. The third-order valence-corrected chi connectivity index (χ3v) is 6.91. The van der Waals surface area contributed by atoms with Crippen LogP contribution in [0.4, 0.5) is 0 Å². The molecule has 12 heteroatoms. The summed E-state index contributed by atoms with van der Waals surface area (Å²) < 4.78 is 36.0. The first-order chi connectivity index (χ1) is 15.0. The van der Waals surface area contributed by atoms with Crippen LogP contribution in [-0.2, 0) is 19.7 Å². The first-order valence-corrected chi connectivity index (χ1v) is 11.9. The lowest BCUT2D eigenvalue weighted by Crippen LogP contribution is -2.25. The molecule has 170 valence electrons. The van der Waals surface area contributed by atoms with Gasteiger partial charge in [0, 0.05) is 13.8 Å². The number of hydrazone groups is 1. The highest BCUT2D eigenvalue weighted by Crippen LogP contribution is 2.45. The topological polar surface area (TPSA) is 114 Å². The Morgan fingerprint density at radius 3 is 2.41 bits per heavy atom. The molecule has 1 atom stereocenters. The van der Waals surface area contributed by atoms with Crippen molar-refractivity contribution in [2.45, 2.75) is 31.0 Å². The quantitative estimate of drug-likeness (QED) is 0.629. The molecule has 1 N–H and O–H groups in total. The van der Waals surface area contributed by atoms with Crippen molar-refractivity contribution < 1.29 is 26.9 Å². The van der Waals surface area contributed by atoms with E-state index in [1.807, 2.05) is 6.92 Å². The lowest BCUT2D eigenvalue weighted by molar-refractivity contribution is -0.129. The van der Waals surface area contributed by atoms with Crippen molar-refractivity contribution in [3.8, 4) is 11.5 Å². The van der Waals surface area contributed by atoms with Gasteiger partial charge in [0.25, 0.3) is 0 Å². The summed E-state index contributed by atoms with van der Waals surface area (Å²) >= 11 is 7.49. The Kier molecular flexibility index (Phi) is 7.01. The van der Waals surface area contributed by atoms with Crippen molar-refractivity contribution in [3.05, 3.63) is 52.5 Å². The molecule has 2 aromatic rings. The van der Waals surface area contributed by atoms with Crippen molar-refractivity contribution in [1.82, 2.24) is 10.3 Å². The van der Waals surface area contributed by atoms with Gasteiger partial charge in [-0.2, -0.15) is 8.42 Å². The van der Waals surface area contributed by atoms with E-state index in [9.17, 15) is 18.0 Å². The van der Waals surface area contributed by atoms with Gasteiger partial charge < -0.3 is 14.2 Å². The maximum Gasteiger partial charge on any atom is 0.339 e. The van der Waals surface area contributed by atoms with Crippen LogP contribution in [0.2, 0.25) is 5.02 Å². The number of benzene rings is 2. The van der Waals surface area contributed by atoms with E-state index in [0.29, 0.717) is 5.56 Å². The molecule has 2 aromatic carbocycles. The third kappa shape index (κ3) is 5.17. The van der Waals surface area contributed by atoms with Crippen LogP contribution in [0.25, 0.3) is 0 Å². The minimum atomic E-state index is -4.17. The number of carbonyl (C=O) groups excluding carboxylic acids is 2. The van der Waals surface area contributed by atoms with E-state index in [-0.39, 0.29) is 38.4 Å². The number of amides is 2. The van der Waals surface area contributed by atoms with Crippen LogP contribution in [0.5, 0.6) is 11.5 Å². The van der Waals surface area contributed by atoms with E-state index < -0.39 is 15.5 Å². The van der Waals surface area contributed by atoms with Crippen LogP contribution >= 0.6 is 23.4 Å². The van der Waals surface area contributed by atoms with E-state index in [1.54, 1.807) is 12.1 Å². The van der Waals surface area contributed by atoms with Gasteiger partial charge in [-0.05, 0) is 36.8 Å². The van der Waals surface area contributed by atoms with E-state index in [2.05, 4.69) is 10.4 Å². The van der Waals surface area contributed by atoms with Crippen molar-refractivity contribution in [1.29, 1.82) is 0 Å². The molecule has 0 saturated heterocycles. The molecule has 0 aromatic heterocycles. The molecule has 0 spiro atoms. The number of thioether (sulfide) groups is 1. The van der Waals surface area contributed by atoms with Gasteiger partial charge in [-0.3, -0.25) is 9.59 Å². The fourth-order valence-corrected chi connectivity index (χ4v) is 5.18. The van der Waals surface area contributed by atoms with Crippen LogP contribution in [0, 0.1) is 6.92 Å². The molecule has 0 fully saturated rings. The Hall–Kier alpha value is -2.76. The standard InChI is InChI=1S/C20H20ClN3O6S2/c1-11-5-7-15(8-6-11)32(27,28)30-18-16(21)9-14(10-17(18)29-4)19-24(13(3)26)23-20(31-19)22-12(2)25/h5-10,19H,1-4H3,(H,22,23,25)/t19-/m0/s1. The van der Waals surface area contributed by atoms with Crippen molar-refractivity contribution in [2.75, 3.05) is 7.11 Å². The number of methoxy groups -OCH3 is 1. The molecule has 1 heterocycles. The number of hydrogen-bond donors (Lipinski definition) is 1. The number of ether oxygens (including phenoxy) is 1. The molecule has 0 unspecified atom stereocenters. The summed E-state index contributed by atoms with van der Waals surface area (Å²) in [6.45, 7) is 4.50. The van der Waals surface area contributed by atoms with Crippen LogP contribution in [0.15, 0.2) is 46.4 Å². The highest BCUT2D eigenvalue weighted by molar-refractivity contribution is 8.14. The molecule has 2 amide bonds. The Balaban J connectivity index is 1.95. The van der Waals surface area contributed by atoms with E-state index in [0.717, 1.165) is 17.3 Å². The summed E-state index contributed by atoms with van der Waals surface area (Å²) in [5.74, 6) is -0.819. The Morgan fingerprint density at radius 1 is 1.19 bits per heavy atom. The van der Waals surface area contributed by atoms with Crippen molar-refractivity contribution >= 4 is 50.5 Å². The number of nitrogens with zero attached hydrogens (tertiary/aromatic N) is 2. The SMILES string of the molecule is COc1cc([C@@H]2SC(NC(C)=O)=NN2C(C)=O)cc(Cl)c1OS(=O)(=O)c1ccc(C)cc1. The lowest BCUT2D eigenvalue weighted by atomic mass is 10.2. The number of aryl methyl sites for hydroxylation is 1. The highest BCUT2D eigenvalue weighted by atomic mass is 35.5. The van der Waals surface area contributed by atoms with Gasteiger partial charge in [-0.15, -0.1) is 5.10 Å². The number of carbonyl (C=O) groups is 2. The van der Waals surface area contributed by atoms with Gasteiger partial charge in [0.05, 0.1) is 12.1 Å². The summed E-state index contributed by atoms with van der Waals surface area (Å²) in [6.07, 6.45) is 0. The summed E-state index contributed by atoms with van der Waals surface area (Å²) in [7, 11) is -2.83.